The predicted molar refractivity (Wildman–Crippen MR) is 101 cm³/mol. The Kier molecular flexibility index (Phi) is 3.95. The van der Waals surface area contributed by atoms with Gasteiger partial charge in [0.05, 0.1) is 16.0 Å². The first-order chi connectivity index (χ1) is 12.7. The normalized spacial score (nSPS) is 15.3. The summed E-state index contributed by atoms with van der Waals surface area (Å²) >= 11 is 1.09. The third-order valence-corrected chi connectivity index (χ3v) is 4.75. The van der Waals surface area contributed by atoms with E-state index in [9.17, 15) is 10.1 Å². The van der Waals surface area contributed by atoms with Crippen LogP contribution in [0.25, 0.3) is 28.1 Å². The van der Waals surface area contributed by atoms with Crippen molar-refractivity contribution in [1.82, 2.24) is 15.3 Å². The lowest BCUT2D eigenvalue weighted by Crippen LogP contribution is -2.18. The molecule has 3 heterocycles. The highest BCUT2D eigenvalue weighted by Gasteiger charge is 2.22. The molecule has 0 spiro atoms. The lowest BCUT2D eigenvalue weighted by atomic mass is 9.97. The SMILES string of the molecule is N#Cc1cnc2ccc(/C=C3/SC(=N)NC3=O)cc2c1-c1cccnc1. The van der Waals surface area contributed by atoms with Gasteiger partial charge in [-0.3, -0.25) is 20.2 Å². The van der Waals surface area contributed by atoms with Crippen LogP contribution < -0.4 is 5.32 Å². The average molecular weight is 357 g/mol. The maximum atomic E-state index is 11.8. The fourth-order valence-electron chi connectivity index (χ4n) is 2.80. The Morgan fingerprint density at radius 1 is 1.27 bits per heavy atom. The first-order valence-corrected chi connectivity index (χ1v) is 8.50. The number of hydrogen-bond acceptors (Lipinski definition) is 6. The summed E-state index contributed by atoms with van der Waals surface area (Å²) in [6, 6.07) is 11.5. The molecule has 1 saturated heterocycles. The lowest BCUT2D eigenvalue weighted by molar-refractivity contribution is -0.115. The van der Waals surface area contributed by atoms with Crippen molar-refractivity contribution in [2.24, 2.45) is 0 Å². The molecular formula is C19H11N5OS. The van der Waals surface area contributed by atoms with Gasteiger partial charge in [-0.05, 0) is 41.6 Å². The minimum absolute atomic E-state index is 0.117. The molecule has 1 aliphatic heterocycles. The highest BCUT2D eigenvalue weighted by Crippen LogP contribution is 2.32. The number of thioether (sulfide) groups is 1. The van der Waals surface area contributed by atoms with Crippen molar-refractivity contribution >= 4 is 39.8 Å². The van der Waals surface area contributed by atoms with Crippen LogP contribution in [0.15, 0.2) is 53.8 Å². The maximum absolute atomic E-state index is 11.8. The highest BCUT2D eigenvalue weighted by molar-refractivity contribution is 8.18. The third-order valence-electron chi connectivity index (χ3n) is 3.92. The molecule has 1 amide bonds. The van der Waals surface area contributed by atoms with Crippen LogP contribution in [-0.2, 0) is 4.79 Å². The minimum Gasteiger partial charge on any atom is -0.301 e. The molecule has 4 rings (SSSR count). The van der Waals surface area contributed by atoms with E-state index in [4.69, 9.17) is 5.41 Å². The summed E-state index contributed by atoms with van der Waals surface area (Å²) in [5.74, 6) is -0.281. The van der Waals surface area contributed by atoms with Crippen molar-refractivity contribution in [2.45, 2.75) is 0 Å². The van der Waals surface area contributed by atoms with Crippen LogP contribution in [-0.4, -0.2) is 21.0 Å². The molecule has 1 aromatic carbocycles. The van der Waals surface area contributed by atoms with Gasteiger partial charge in [-0.15, -0.1) is 0 Å². The summed E-state index contributed by atoms with van der Waals surface area (Å²) in [5, 5.41) is 20.4. The number of aromatic nitrogens is 2. The van der Waals surface area contributed by atoms with Gasteiger partial charge in [0.2, 0.25) is 0 Å². The molecule has 0 saturated carbocycles. The number of nitrogens with one attached hydrogen (secondary N) is 2. The zero-order valence-corrected chi connectivity index (χ0v) is 14.2. The number of nitrogens with zero attached hydrogens (tertiary/aromatic N) is 3. The van der Waals surface area contributed by atoms with Gasteiger partial charge >= 0.3 is 0 Å². The molecule has 0 atom stereocenters. The molecule has 0 unspecified atom stereocenters. The predicted octanol–water partition coefficient (Wildman–Crippen LogP) is 3.31. The number of rotatable bonds is 2. The maximum Gasteiger partial charge on any atom is 0.264 e. The van der Waals surface area contributed by atoms with E-state index in [1.807, 2.05) is 30.3 Å². The second-order valence-electron chi connectivity index (χ2n) is 5.57. The molecule has 0 radical (unpaired) electrons. The highest BCUT2D eigenvalue weighted by atomic mass is 32.2. The zero-order valence-electron chi connectivity index (χ0n) is 13.4. The molecule has 26 heavy (non-hydrogen) atoms. The monoisotopic (exact) mass is 357 g/mol. The average Bonchev–Trinajstić information content (AvgIpc) is 2.98. The van der Waals surface area contributed by atoms with Crippen molar-refractivity contribution in [1.29, 1.82) is 10.7 Å². The van der Waals surface area contributed by atoms with Crippen LogP contribution in [0.4, 0.5) is 0 Å². The Labute approximate surface area is 153 Å². The number of amides is 1. The molecule has 0 bridgehead atoms. The number of pyridine rings is 2. The topological polar surface area (TPSA) is 103 Å². The van der Waals surface area contributed by atoms with Crippen LogP contribution in [0.3, 0.4) is 0 Å². The van der Waals surface area contributed by atoms with Crippen molar-refractivity contribution in [2.75, 3.05) is 0 Å². The lowest BCUT2D eigenvalue weighted by Gasteiger charge is -2.09. The fraction of sp³-hybridized carbons (Fsp3) is 0. The molecule has 1 fully saturated rings. The standard InChI is InChI=1S/C19H11N5OS/c20-8-13-10-23-15-4-3-11(7-16-18(25)24-19(21)26-16)6-14(15)17(13)12-2-1-5-22-9-12/h1-7,9-10H,(H2,21,24,25)/b16-7+. The van der Waals surface area contributed by atoms with Crippen molar-refractivity contribution < 1.29 is 4.79 Å². The van der Waals surface area contributed by atoms with Crippen LogP contribution in [0, 0.1) is 16.7 Å². The summed E-state index contributed by atoms with van der Waals surface area (Å²) < 4.78 is 0. The molecule has 3 aromatic rings. The van der Waals surface area contributed by atoms with Gasteiger partial charge in [0, 0.05) is 35.1 Å². The Morgan fingerprint density at radius 2 is 2.15 bits per heavy atom. The molecule has 6 nitrogen and oxygen atoms in total. The number of hydrogen-bond donors (Lipinski definition) is 2. The second-order valence-corrected chi connectivity index (χ2v) is 6.62. The van der Waals surface area contributed by atoms with E-state index >= 15 is 0 Å². The second kappa shape index (κ2) is 6.43. The van der Waals surface area contributed by atoms with E-state index in [0.29, 0.717) is 10.5 Å². The van der Waals surface area contributed by atoms with Gasteiger partial charge < -0.3 is 5.32 Å². The zero-order chi connectivity index (χ0) is 18.1. The van der Waals surface area contributed by atoms with E-state index in [1.54, 1.807) is 24.7 Å². The fourth-order valence-corrected chi connectivity index (χ4v) is 3.50. The van der Waals surface area contributed by atoms with Crippen LogP contribution in [0.2, 0.25) is 0 Å². The molecule has 124 valence electrons. The number of nitriles is 1. The first kappa shape index (κ1) is 16.0. The van der Waals surface area contributed by atoms with E-state index in [1.165, 1.54) is 0 Å². The van der Waals surface area contributed by atoms with Gasteiger partial charge in [0.15, 0.2) is 5.17 Å². The Bertz CT molecular complexity index is 1130. The van der Waals surface area contributed by atoms with E-state index < -0.39 is 0 Å². The molecule has 2 aromatic heterocycles. The Hall–Kier alpha value is -3.50. The number of benzene rings is 1. The van der Waals surface area contributed by atoms with Gasteiger partial charge in [-0.1, -0.05) is 12.1 Å². The number of carbonyl (C=O) groups is 1. The van der Waals surface area contributed by atoms with Gasteiger partial charge in [0.25, 0.3) is 5.91 Å². The van der Waals surface area contributed by atoms with Crippen LogP contribution >= 0.6 is 11.8 Å². The number of carbonyl (C=O) groups excluding carboxylic acids is 1. The molecule has 2 N–H and O–H groups in total. The third kappa shape index (κ3) is 2.83. The van der Waals surface area contributed by atoms with Crippen molar-refractivity contribution in [3.05, 3.63) is 65.0 Å². The summed E-state index contributed by atoms with van der Waals surface area (Å²) in [5.41, 5.74) is 3.61. The summed E-state index contributed by atoms with van der Waals surface area (Å²) in [6.45, 7) is 0. The molecule has 1 aliphatic rings. The summed E-state index contributed by atoms with van der Waals surface area (Å²) in [6.07, 6.45) is 6.68. The molecular weight excluding hydrogens is 346 g/mol. The van der Waals surface area contributed by atoms with Crippen LogP contribution in [0.5, 0.6) is 0 Å². The van der Waals surface area contributed by atoms with Crippen molar-refractivity contribution in [3.8, 4) is 17.2 Å². The summed E-state index contributed by atoms with van der Waals surface area (Å²) in [7, 11) is 0. The largest absolute Gasteiger partial charge is 0.301 e. The van der Waals surface area contributed by atoms with Crippen molar-refractivity contribution in [3.63, 3.8) is 0 Å². The van der Waals surface area contributed by atoms with Gasteiger partial charge in [-0.25, -0.2) is 0 Å². The Balaban J connectivity index is 1.93. The smallest absolute Gasteiger partial charge is 0.264 e. The van der Waals surface area contributed by atoms with Gasteiger partial charge in [-0.2, -0.15) is 5.26 Å². The molecule has 7 heteroatoms. The molecule has 0 aliphatic carbocycles. The van der Waals surface area contributed by atoms with E-state index in [0.717, 1.165) is 39.4 Å². The van der Waals surface area contributed by atoms with E-state index in [-0.39, 0.29) is 11.1 Å². The minimum atomic E-state index is -0.281. The first-order valence-electron chi connectivity index (χ1n) is 7.68. The van der Waals surface area contributed by atoms with Gasteiger partial charge in [0.1, 0.15) is 6.07 Å². The number of amidine groups is 1. The van der Waals surface area contributed by atoms with Crippen LogP contribution in [0.1, 0.15) is 11.1 Å². The van der Waals surface area contributed by atoms with E-state index in [2.05, 4.69) is 21.4 Å². The number of fused-ring (bicyclic) bond motifs is 1. The summed E-state index contributed by atoms with van der Waals surface area (Å²) in [4.78, 5) is 20.8. The quantitative estimate of drug-likeness (QED) is 0.685. The Morgan fingerprint density at radius 3 is 2.85 bits per heavy atom.